The molecule has 1 atom stereocenters. The quantitative estimate of drug-likeness (QED) is 0.764. The van der Waals surface area contributed by atoms with Crippen molar-refractivity contribution in [1.29, 1.82) is 0 Å². The van der Waals surface area contributed by atoms with Crippen molar-refractivity contribution in [2.24, 2.45) is 0 Å². The van der Waals surface area contributed by atoms with E-state index < -0.39 is 6.10 Å². The lowest BCUT2D eigenvalue weighted by Gasteiger charge is -2.33. The van der Waals surface area contributed by atoms with Crippen molar-refractivity contribution in [1.82, 2.24) is 4.98 Å². The molecule has 2 rings (SSSR count). The fourth-order valence-electron chi connectivity index (χ4n) is 1.92. The summed E-state index contributed by atoms with van der Waals surface area (Å²) in [5.74, 6) is 0.332. The zero-order chi connectivity index (χ0) is 13.1. The molecule has 1 fully saturated rings. The van der Waals surface area contributed by atoms with Crippen molar-refractivity contribution in [3.05, 3.63) is 17.8 Å². The monoisotopic (exact) mass is 251 g/mol. The summed E-state index contributed by atoms with van der Waals surface area (Å²) in [6, 6.07) is 1.86. The molecule has 6 nitrogen and oxygen atoms in total. The first kappa shape index (κ1) is 12.6. The van der Waals surface area contributed by atoms with E-state index in [9.17, 15) is 4.79 Å². The van der Waals surface area contributed by atoms with Gasteiger partial charge >= 0.3 is 5.97 Å². The number of esters is 1. The SMILES string of the molecule is COC(=O)C1CN(c2nccc(C)c2N)CCO1. The average Bonchev–Trinajstić information content (AvgIpc) is 2.41. The van der Waals surface area contributed by atoms with Gasteiger partial charge in [-0.1, -0.05) is 0 Å². The fraction of sp³-hybridized carbons (Fsp3) is 0.500. The summed E-state index contributed by atoms with van der Waals surface area (Å²) in [4.78, 5) is 17.7. The van der Waals surface area contributed by atoms with E-state index in [1.54, 1.807) is 6.20 Å². The van der Waals surface area contributed by atoms with Crippen LogP contribution in [0.3, 0.4) is 0 Å². The van der Waals surface area contributed by atoms with Crippen molar-refractivity contribution in [3.63, 3.8) is 0 Å². The average molecular weight is 251 g/mol. The Morgan fingerprint density at radius 1 is 1.67 bits per heavy atom. The Labute approximate surface area is 106 Å². The number of nitrogen functional groups attached to an aromatic ring is 1. The van der Waals surface area contributed by atoms with E-state index in [4.69, 9.17) is 10.5 Å². The van der Waals surface area contributed by atoms with Gasteiger partial charge in [-0.15, -0.1) is 0 Å². The second-order valence-corrected chi connectivity index (χ2v) is 4.19. The van der Waals surface area contributed by atoms with Crippen LogP contribution in [0.1, 0.15) is 5.56 Å². The van der Waals surface area contributed by atoms with Gasteiger partial charge in [-0.2, -0.15) is 0 Å². The van der Waals surface area contributed by atoms with Gasteiger partial charge in [-0.3, -0.25) is 0 Å². The van der Waals surface area contributed by atoms with Crippen LogP contribution in [-0.4, -0.2) is 43.9 Å². The van der Waals surface area contributed by atoms with Gasteiger partial charge in [0.15, 0.2) is 11.9 Å². The van der Waals surface area contributed by atoms with Crippen molar-refractivity contribution in [3.8, 4) is 0 Å². The Bertz CT molecular complexity index is 450. The third kappa shape index (κ3) is 2.38. The van der Waals surface area contributed by atoms with Crippen molar-refractivity contribution in [2.75, 3.05) is 37.4 Å². The highest BCUT2D eigenvalue weighted by Crippen LogP contribution is 2.25. The highest BCUT2D eigenvalue weighted by atomic mass is 16.6. The van der Waals surface area contributed by atoms with Crippen molar-refractivity contribution < 1.29 is 14.3 Å². The van der Waals surface area contributed by atoms with Gasteiger partial charge in [-0.25, -0.2) is 9.78 Å². The summed E-state index contributed by atoms with van der Waals surface area (Å²) in [6.45, 7) is 3.45. The fourth-order valence-corrected chi connectivity index (χ4v) is 1.92. The van der Waals surface area contributed by atoms with Crippen molar-refractivity contribution in [2.45, 2.75) is 13.0 Å². The summed E-state index contributed by atoms with van der Waals surface area (Å²) in [5.41, 5.74) is 7.62. The van der Waals surface area contributed by atoms with Gasteiger partial charge < -0.3 is 20.1 Å². The van der Waals surface area contributed by atoms with E-state index in [1.165, 1.54) is 7.11 Å². The summed E-state index contributed by atoms with van der Waals surface area (Å²) in [6.07, 6.45) is 1.13. The van der Waals surface area contributed by atoms with Gasteiger partial charge in [0.2, 0.25) is 0 Å². The molecule has 1 aromatic heterocycles. The highest BCUT2D eigenvalue weighted by Gasteiger charge is 2.28. The van der Waals surface area contributed by atoms with Crippen LogP contribution >= 0.6 is 0 Å². The minimum absolute atomic E-state index is 0.370. The van der Waals surface area contributed by atoms with E-state index in [0.29, 0.717) is 31.2 Å². The number of ether oxygens (including phenoxy) is 2. The number of hydrogen-bond acceptors (Lipinski definition) is 6. The number of hydrogen-bond donors (Lipinski definition) is 1. The molecule has 2 heterocycles. The molecular weight excluding hydrogens is 234 g/mol. The molecule has 18 heavy (non-hydrogen) atoms. The normalized spacial score (nSPS) is 19.7. The Hall–Kier alpha value is -1.82. The molecule has 1 unspecified atom stereocenters. The zero-order valence-corrected chi connectivity index (χ0v) is 10.5. The number of morpholine rings is 1. The summed E-state index contributed by atoms with van der Waals surface area (Å²) >= 11 is 0. The molecular formula is C12H17N3O3. The van der Waals surface area contributed by atoms with E-state index in [-0.39, 0.29) is 5.97 Å². The second-order valence-electron chi connectivity index (χ2n) is 4.19. The minimum Gasteiger partial charge on any atom is -0.467 e. The number of anilines is 2. The first-order chi connectivity index (χ1) is 8.63. The second kappa shape index (κ2) is 5.22. The number of carbonyl (C=O) groups excluding carboxylic acids is 1. The van der Waals surface area contributed by atoms with E-state index in [2.05, 4.69) is 9.72 Å². The molecule has 0 amide bonds. The van der Waals surface area contributed by atoms with Crippen LogP contribution in [0.5, 0.6) is 0 Å². The van der Waals surface area contributed by atoms with Gasteiger partial charge in [0.05, 0.1) is 25.9 Å². The molecule has 1 aliphatic rings. The molecule has 0 radical (unpaired) electrons. The molecule has 0 saturated carbocycles. The smallest absolute Gasteiger partial charge is 0.336 e. The number of nitrogens with zero attached hydrogens (tertiary/aromatic N) is 2. The van der Waals surface area contributed by atoms with Crippen LogP contribution in [0.25, 0.3) is 0 Å². The largest absolute Gasteiger partial charge is 0.467 e. The Morgan fingerprint density at radius 3 is 3.17 bits per heavy atom. The molecule has 1 aliphatic heterocycles. The first-order valence-corrected chi connectivity index (χ1v) is 5.79. The number of aromatic nitrogens is 1. The predicted octanol–water partition coefficient (Wildman–Crippen LogP) is 0.350. The van der Waals surface area contributed by atoms with Crippen LogP contribution in [0.15, 0.2) is 12.3 Å². The lowest BCUT2D eigenvalue weighted by molar-refractivity contribution is -0.154. The van der Waals surface area contributed by atoms with Crippen LogP contribution < -0.4 is 10.6 Å². The van der Waals surface area contributed by atoms with Gasteiger partial charge in [0, 0.05) is 12.7 Å². The van der Waals surface area contributed by atoms with Gasteiger partial charge in [0.25, 0.3) is 0 Å². The van der Waals surface area contributed by atoms with Crippen LogP contribution in [-0.2, 0) is 14.3 Å². The number of aryl methyl sites for hydroxylation is 1. The van der Waals surface area contributed by atoms with Crippen LogP contribution in [0.4, 0.5) is 11.5 Å². The minimum atomic E-state index is -0.578. The lowest BCUT2D eigenvalue weighted by atomic mass is 10.2. The van der Waals surface area contributed by atoms with E-state index >= 15 is 0 Å². The molecule has 0 bridgehead atoms. The van der Waals surface area contributed by atoms with Gasteiger partial charge in [-0.05, 0) is 18.6 Å². The number of carbonyl (C=O) groups is 1. The Balaban J connectivity index is 2.18. The molecule has 0 aromatic carbocycles. The van der Waals surface area contributed by atoms with Crippen LogP contribution in [0.2, 0.25) is 0 Å². The number of nitrogens with two attached hydrogens (primary N) is 1. The molecule has 6 heteroatoms. The van der Waals surface area contributed by atoms with E-state index in [1.807, 2.05) is 17.9 Å². The molecule has 2 N–H and O–H groups in total. The summed E-state index contributed by atoms with van der Waals surface area (Å²) in [7, 11) is 1.35. The molecule has 1 saturated heterocycles. The molecule has 1 aromatic rings. The lowest BCUT2D eigenvalue weighted by Crippen LogP contribution is -2.47. The van der Waals surface area contributed by atoms with E-state index in [0.717, 1.165) is 5.56 Å². The highest BCUT2D eigenvalue weighted by molar-refractivity contribution is 5.76. The summed E-state index contributed by atoms with van der Waals surface area (Å²) < 4.78 is 10.1. The number of methoxy groups -OCH3 is 1. The van der Waals surface area contributed by atoms with Gasteiger partial charge in [0.1, 0.15) is 0 Å². The maximum Gasteiger partial charge on any atom is 0.336 e. The molecule has 0 aliphatic carbocycles. The number of rotatable bonds is 2. The topological polar surface area (TPSA) is 77.7 Å². The maximum absolute atomic E-state index is 11.5. The molecule has 0 spiro atoms. The first-order valence-electron chi connectivity index (χ1n) is 5.79. The maximum atomic E-state index is 11.5. The Morgan fingerprint density at radius 2 is 2.44 bits per heavy atom. The summed E-state index contributed by atoms with van der Waals surface area (Å²) in [5, 5.41) is 0. The van der Waals surface area contributed by atoms with Crippen LogP contribution in [0, 0.1) is 6.92 Å². The zero-order valence-electron chi connectivity index (χ0n) is 10.5. The number of pyridine rings is 1. The Kier molecular flexibility index (Phi) is 3.66. The third-order valence-electron chi connectivity index (χ3n) is 3.02. The third-order valence-corrected chi connectivity index (χ3v) is 3.02. The van der Waals surface area contributed by atoms with Crippen molar-refractivity contribution >= 4 is 17.5 Å². The molecule has 98 valence electrons. The predicted molar refractivity (Wildman–Crippen MR) is 67.4 cm³/mol. The standard InChI is InChI=1S/C12H17N3O3/c1-8-3-4-14-11(10(8)13)15-5-6-18-9(7-15)12(16)17-2/h3-4,9H,5-7,13H2,1-2H3.